The molecule has 0 aromatic carbocycles. The number of rotatable bonds is 5. The summed E-state index contributed by atoms with van der Waals surface area (Å²) in [5.41, 5.74) is 7.15. The number of hydrogen-bond donors (Lipinski definition) is 2. The molecule has 0 fully saturated rings. The molecule has 0 spiro atoms. The van der Waals surface area contributed by atoms with Gasteiger partial charge in [-0.25, -0.2) is 13.1 Å². The molecule has 0 aliphatic rings. The molecule has 0 bridgehead atoms. The second-order valence-corrected chi connectivity index (χ2v) is 7.63. The van der Waals surface area contributed by atoms with Crippen LogP contribution in [0.4, 0.5) is 0 Å². The van der Waals surface area contributed by atoms with Crippen molar-refractivity contribution in [1.29, 1.82) is 0 Å². The van der Waals surface area contributed by atoms with Crippen molar-refractivity contribution < 1.29 is 8.42 Å². The monoisotopic (exact) mass is 327 g/mol. The van der Waals surface area contributed by atoms with Crippen LogP contribution in [0.15, 0.2) is 34.7 Å². The molecule has 2 heterocycles. The van der Waals surface area contributed by atoms with Gasteiger partial charge in [0.2, 0.25) is 10.0 Å². The third kappa shape index (κ3) is 3.60. The molecule has 0 saturated heterocycles. The first kappa shape index (κ1) is 15.0. The first-order valence-corrected chi connectivity index (χ1v) is 8.40. The maximum Gasteiger partial charge on any atom is 0.250 e. The largest absolute Gasteiger partial charge is 0.389 e. The number of nitrogens with two attached hydrogens (primary N) is 1. The number of hydrogen-bond acceptors (Lipinski definition) is 5. The fraction of sp³-hybridized carbons (Fsp3) is 0.167. The lowest BCUT2D eigenvalue weighted by atomic mass is 10.2. The molecule has 20 heavy (non-hydrogen) atoms. The summed E-state index contributed by atoms with van der Waals surface area (Å²) in [5, 5.41) is 0. The van der Waals surface area contributed by atoms with E-state index in [0.29, 0.717) is 4.88 Å². The van der Waals surface area contributed by atoms with Gasteiger partial charge in [-0.15, -0.1) is 11.3 Å². The number of thiocarbonyl (C=S) groups is 1. The predicted molar refractivity (Wildman–Crippen MR) is 83.2 cm³/mol. The zero-order chi connectivity index (χ0) is 14.8. The Morgan fingerprint density at radius 3 is 2.70 bits per heavy atom. The molecule has 0 amide bonds. The highest BCUT2D eigenvalue weighted by Gasteiger charge is 2.17. The maximum absolute atomic E-state index is 12.1. The van der Waals surface area contributed by atoms with Gasteiger partial charge < -0.3 is 5.73 Å². The van der Waals surface area contributed by atoms with Crippen molar-refractivity contribution in [1.82, 2.24) is 9.71 Å². The quantitative estimate of drug-likeness (QED) is 0.814. The fourth-order valence-electron chi connectivity index (χ4n) is 1.45. The van der Waals surface area contributed by atoms with Gasteiger partial charge in [0, 0.05) is 18.4 Å². The van der Waals surface area contributed by atoms with Gasteiger partial charge in [-0.3, -0.25) is 4.98 Å². The Morgan fingerprint density at radius 2 is 2.15 bits per heavy atom. The molecule has 0 aliphatic heterocycles. The van der Waals surface area contributed by atoms with Crippen molar-refractivity contribution in [3.8, 4) is 0 Å². The van der Waals surface area contributed by atoms with Crippen LogP contribution in [-0.2, 0) is 16.6 Å². The van der Waals surface area contributed by atoms with Crippen LogP contribution in [0, 0.1) is 6.92 Å². The summed E-state index contributed by atoms with van der Waals surface area (Å²) in [4.78, 5) is 4.89. The molecule has 2 aromatic heterocycles. The summed E-state index contributed by atoms with van der Waals surface area (Å²) in [6.45, 7) is 2.06. The molecule has 2 rings (SSSR count). The van der Waals surface area contributed by atoms with Gasteiger partial charge in [0.05, 0.1) is 4.88 Å². The summed E-state index contributed by atoms with van der Waals surface area (Å²) in [5.74, 6) is 0. The van der Waals surface area contributed by atoms with Crippen LogP contribution in [0.2, 0.25) is 0 Å². The highest BCUT2D eigenvalue weighted by Crippen LogP contribution is 2.21. The second-order valence-electron chi connectivity index (χ2n) is 4.12. The van der Waals surface area contributed by atoms with E-state index in [2.05, 4.69) is 9.71 Å². The highest BCUT2D eigenvalue weighted by molar-refractivity contribution is 7.91. The standard InChI is InChI=1S/C12H13N3O2S3/c1-8-2-3-9(6-14-8)7-15-20(16,17)11-5-4-10(19-11)12(13)18/h2-6,15H,7H2,1H3,(H2,13,18). The molecule has 0 aliphatic carbocycles. The average Bonchev–Trinajstić information content (AvgIpc) is 2.89. The van der Waals surface area contributed by atoms with Gasteiger partial charge >= 0.3 is 0 Å². The van der Waals surface area contributed by atoms with E-state index in [9.17, 15) is 8.42 Å². The first-order chi connectivity index (χ1) is 9.38. The number of thiophene rings is 1. The van der Waals surface area contributed by atoms with E-state index in [0.717, 1.165) is 22.6 Å². The normalized spacial score (nSPS) is 11.4. The van der Waals surface area contributed by atoms with Gasteiger partial charge in [0.1, 0.15) is 9.20 Å². The minimum absolute atomic E-state index is 0.190. The number of nitrogens with zero attached hydrogens (tertiary/aromatic N) is 1. The zero-order valence-corrected chi connectivity index (χ0v) is 13.1. The van der Waals surface area contributed by atoms with Crippen molar-refractivity contribution in [2.75, 3.05) is 0 Å². The molecule has 3 N–H and O–H groups in total. The van der Waals surface area contributed by atoms with E-state index < -0.39 is 10.0 Å². The van der Waals surface area contributed by atoms with E-state index in [-0.39, 0.29) is 15.7 Å². The van der Waals surface area contributed by atoms with E-state index >= 15 is 0 Å². The van der Waals surface area contributed by atoms with Crippen LogP contribution >= 0.6 is 23.6 Å². The topological polar surface area (TPSA) is 85.1 Å². The lowest BCUT2D eigenvalue weighted by Gasteiger charge is -2.04. The van der Waals surface area contributed by atoms with Crippen LogP contribution in [0.5, 0.6) is 0 Å². The molecule has 0 saturated carbocycles. The molecule has 2 aromatic rings. The summed E-state index contributed by atoms with van der Waals surface area (Å²) >= 11 is 5.87. The molecule has 5 nitrogen and oxygen atoms in total. The Labute approximate surface area is 126 Å². The molecular formula is C12H13N3O2S3. The van der Waals surface area contributed by atoms with Crippen LogP contribution < -0.4 is 10.5 Å². The molecule has 106 valence electrons. The van der Waals surface area contributed by atoms with Crippen molar-refractivity contribution in [3.63, 3.8) is 0 Å². The van der Waals surface area contributed by atoms with Crippen molar-refractivity contribution in [2.24, 2.45) is 5.73 Å². The average molecular weight is 327 g/mol. The van der Waals surface area contributed by atoms with Gasteiger partial charge in [0.25, 0.3) is 0 Å². The van der Waals surface area contributed by atoms with Crippen molar-refractivity contribution in [2.45, 2.75) is 17.7 Å². The lowest BCUT2D eigenvalue weighted by Crippen LogP contribution is -2.22. The maximum atomic E-state index is 12.1. The first-order valence-electron chi connectivity index (χ1n) is 5.69. The Bertz CT molecular complexity index is 721. The molecule has 0 atom stereocenters. The fourth-order valence-corrected chi connectivity index (χ4v) is 3.86. The summed E-state index contributed by atoms with van der Waals surface area (Å²) in [6, 6.07) is 6.77. The van der Waals surface area contributed by atoms with Gasteiger partial charge in [-0.2, -0.15) is 0 Å². The summed E-state index contributed by atoms with van der Waals surface area (Å²) in [6.07, 6.45) is 1.65. The number of aryl methyl sites for hydroxylation is 1. The van der Waals surface area contributed by atoms with Crippen molar-refractivity contribution in [3.05, 3.63) is 46.6 Å². The van der Waals surface area contributed by atoms with Crippen LogP contribution in [0.25, 0.3) is 0 Å². The molecular weight excluding hydrogens is 314 g/mol. The predicted octanol–water partition coefficient (Wildman–Crippen LogP) is 1.56. The summed E-state index contributed by atoms with van der Waals surface area (Å²) < 4.78 is 26.9. The van der Waals surface area contributed by atoms with Crippen LogP contribution in [0.1, 0.15) is 16.1 Å². The Morgan fingerprint density at radius 1 is 1.40 bits per heavy atom. The minimum atomic E-state index is -3.56. The smallest absolute Gasteiger partial charge is 0.250 e. The number of sulfonamides is 1. The molecule has 0 unspecified atom stereocenters. The molecule has 0 radical (unpaired) electrons. The van der Waals surface area contributed by atoms with E-state index in [4.69, 9.17) is 18.0 Å². The number of nitrogens with one attached hydrogen (secondary N) is 1. The van der Waals surface area contributed by atoms with E-state index in [1.807, 2.05) is 19.1 Å². The third-order valence-electron chi connectivity index (χ3n) is 2.53. The van der Waals surface area contributed by atoms with Gasteiger partial charge in [-0.05, 0) is 30.7 Å². The second kappa shape index (κ2) is 5.96. The van der Waals surface area contributed by atoms with E-state index in [1.54, 1.807) is 12.3 Å². The summed E-state index contributed by atoms with van der Waals surface area (Å²) in [7, 11) is -3.56. The minimum Gasteiger partial charge on any atom is -0.389 e. The Balaban J connectivity index is 2.10. The third-order valence-corrected chi connectivity index (χ3v) is 5.89. The van der Waals surface area contributed by atoms with Crippen LogP contribution in [-0.4, -0.2) is 18.4 Å². The number of aromatic nitrogens is 1. The molecule has 8 heteroatoms. The Hall–Kier alpha value is -1.35. The Kier molecular flexibility index (Phi) is 4.48. The van der Waals surface area contributed by atoms with E-state index in [1.165, 1.54) is 6.07 Å². The van der Waals surface area contributed by atoms with Gasteiger partial charge in [0.15, 0.2) is 0 Å². The zero-order valence-electron chi connectivity index (χ0n) is 10.7. The van der Waals surface area contributed by atoms with Crippen LogP contribution in [0.3, 0.4) is 0 Å². The van der Waals surface area contributed by atoms with Crippen molar-refractivity contribution >= 4 is 38.6 Å². The number of pyridine rings is 1. The highest BCUT2D eigenvalue weighted by atomic mass is 32.2. The van der Waals surface area contributed by atoms with Gasteiger partial charge in [-0.1, -0.05) is 18.3 Å². The lowest BCUT2D eigenvalue weighted by molar-refractivity contribution is 0.583. The SMILES string of the molecule is Cc1ccc(CNS(=O)(=O)c2ccc(C(N)=S)s2)cn1.